The minimum Gasteiger partial charge on any atom is -0.371 e. The van der Waals surface area contributed by atoms with Crippen molar-refractivity contribution in [3.05, 3.63) is 20.3 Å². The summed E-state index contributed by atoms with van der Waals surface area (Å²) < 4.78 is 6.75. The van der Waals surface area contributed by atoms with Crippen molar-refractivity contribution < 1.29 is 4.74 Å². The van der Waals surface area contributed by atoms with Crippen LogP contribution in [0, 0.1) is 6.92 Å². The molecule has 2 heterocycles. The van der Waals surface area contributed by atoms with Gasteiger partial charge in [0.25, 0.3) is 0 Å². The maximum absolute atomic E-state index is 5.94. The topological polar surface area (TPSA) is 35.2 Å². The van der Waals surface area contributed by atoms with Gasteiger partial charge in [0, 0.05) is 26.9 Å². The lowest BCUT2D eigenvalue weighted by atomic mass is 10.1. The molecular weight excluding hydrogens is 250 g/mol. The van der Waals surface area contributed by atoms with E-state index in [9.17, 15) is 0 Å². The number of thiophene rings is 1. The zero-order valence-corrected chi connectivity index (χ0v) is 9.82. The Morgan fingerprint density at radius 1 is 1.69 bits per heavy atom. The summed E-state index contributed by atoms with van der Waals surface area (Å²) in [5.41, 5.74) is 5.94. The predicted molar refractivity (Wildman–Crippen MR) is 58.0 cm³/mol. The van der Waals surface area contributed by atoms with E-state index >= 15 is 0 Å². The maximum Gasteiger partial charge on any atom is 0.107 e. The fourth-order valence-electron chi connectivity index (χ4n) is 1.52. The highest BCUT2D eigenvalue weighted by molar-refractivity contribution is 9.10. The Bertz CT molecular complexity index is 293. The van der Waals surface area contributed by atoms with Gasteiger partial charge in [0.15, 0.2) is 0 Å². The first kappa shape index (κ1) is 9.65. The molecule has 0 aliphatic carbocycles. The molecule has 2 unspecified atom stereocenters. The van der Waals surface area contributed by atoms with Crippen molar-refractivity contribution >= 4 is 27.3 Å². The van der Waals surface area contributed by atoms with E-state index in [2.05, 4.69) is 28.9 Å². The van der Waals surface area contributed by atoms with Gasteiger partial charge in [-0.05, 0) is 35.3 Å². The number of rotatable bonds is 1. The van der Waals surface area contributed by atoms with Gasteiger partial charge in [-0.15, -0.1) is 11.3 Å². The molecule has 0 spiro atoms. The Balaban J connectivity index is 2.24. The number of hydrogen-bond donors (Lipinski definition) is 1. The lowest BCUT2D eigenvalue weighted by Gasteiger charge is -2.11. The van der Waals surface area contributed by atoms with E-state index < -0.39 is 0 Å². The Labute approximate surface area is 90.2 Å². The monoisotopic (exact) mass is 261 g/mol. The van der Waals surface area contributed by atoms with Gasteiger partial charge in [-0.3, -0.25) is 0 Å². The zero-order chi connectivity index (χ0) is 9.42. The van der Waals surface area contributed by atoms with Crippen LogP contribution in [0.3, 0.4) is 0 Å². The lowest BCUT2D eigenvalue weighted by molar-refractivity contribution is 0.108. The Morgan fingerprint density at radius 3 is 2.92 bits per heavy atom. The zero-order valence-electron chi connectivity index (χ0n) is 7.42. The second-order valence-corrected chi connectivity index (χ2v) is 5.44. The van der Waals surface area contributed by atoms with Gasteiger partial charge in [0.2, 0.25) is 0 Å². The summed E-state index contributed by atoms with van der Waals surface area (Å²) in [5, 5.41) is 0. The molecule has 13 heavy (non-hydrogen) atoms. The summed E-state index contributed by atoms with van der Waals surface area (Å²) in [7, 11) is 0. The summed E-state index contributed by atoms with van der Waals surface area (Å²) in [5.74, 6) is 0. The van der Waals surface area contributed by atoms with E-state index in [-0.39, 0.29) is 12.1 Å². The lowest BCUT2D eigenvalue weighted by Crippen LogP contribution is -2.22. The Hall–Kier alpha value is 0.100. The van der Waals surface area contributed by atoms with Crippen LogP contribution >= 0.6 is 27.3 Å². The molecule has 0 radical (unpaired) electrons. The van der Waals surface area contributed by atoms with E-state index in [0.29, 0.717) is 0 Å². The quantitative estimate of drug-likeness (QED) is 0.844. The van der Waals surface area contributed by atoms with Gasteiger partial charge in [-0.25, -0.2) is 0 Å². The number of halogens is 1. The van der Waals surface area contributed by atoms with Crippen LogP contribution in [0.1, 0.15) is 22.3 Å². The van der Waals surface area contributed by atoms with Gasteiger partial charge >= 0.3 is 0 Å². The molecule has 1 fully saturated rings. The highest BCUT2D eigenvalue weighted by Crippen LogP contribution is 2.36. The van der Waals surface area contributed by atoms with Gasteiger partial charge in [-0.2, -0.15) is 0 Å². The first-order valence-corrected chi connectivity index (χ1v) is 5.92. The Morgan fingerprint density at radius 2 is 2.46 bits per heavy atom. The van der Waals surface area contributed by atoms with Crippen molar-refractivity contribution in [2.24, 2.45) is 5.73 Å². The number of ether oxygens (including phenoxy) is 1. The third-order valence-electron chi connectivity index (χ3n) is 2.29. The molecular formula is C9H12BrNOS. The molecule has 0 amide bonds. The van der Waals surface area contributed by atoms with Gasteiger partial charge in [-0.1, -0.05) is 0 Å². The molecule has 0 aromatic carbocycles. The molecule has 1 aliphatic heterocycles. The molecule has 72 valence electrons. The average molecular weight is 262 g/mol. The minimum atomic E-state index is 0.120. The number of nitrogens with two attached hydrogens (primary N) is 1. The third-order valence-corrected chi connectivity index (χ3v) is 4.49. The van der Waals surface area contributed by atoms with E-state index in [1.54, 1.807) is 11.3 Å². The van der Waals surface area contributed by atoms with Crippen molar-refractivity contribution in [2.75, 3.05) is 6.61 Å². The molecule has 2 rings (SSSR count). The second kappa shape index (κ2) is 3.69. The second-order valence-electron chi connectivity index (χ2n) is 3.30. The Kier molecular flexibility index (Phi) is 2.74. The van der Waals surface area contributed by atoms with Crippen LogP contribution in [0.25, 0.3) is 0 Å². The smallest absolute Gasteiger partial charge is 0.107 e. The molecule has 2 N–H and O–H groups in total. The highest BCUT2D eigenvalue weighted by Gasteiger charge is 2.27. The van der Waals surface area contributed by atoms with E-state index in [1.165, 1.54) is 9.75 Å². The summed E-state index contributed by atoms with van der Waals surface area (Å²) in [4.78, 5) is 2.53. The van der Waals surface area contributed by atoms with E-state index in [1.807, 2.05) is 0 Å². The van der Waals surface area contributed by atoms with Crippen LogP contribution in [0.5, 0.6) is 0 Å². The third kappa shape index (κ3) is 1.81. The first-order chi connectivity index (χ1) is 6.18. The van der Waals surface area contributed by atoms with Crippen molar-refractivity contribution in [1.82, 2.24) is 0 Å². The van der Waals surface area contributed by atoms with E-state index in [4.69, 9.17) is 10.5 Å². The SMILES string of the molecule is Cc1sc(C2OCCC2N)cc1Br. The van der Waals surface area contributed by atoms with Gasteiger partial charge in [0.05, 0.1) is 0 Å². The largest absolute Gasteiger partial charge is 0.371 e. The van der Waals surface area contributed by atoms with Crippen molar-refractivity contribution in [3.8, 4) is 0 Å². The average Bonchev–Trinajstić information content (AvgIpc) is 2.60. The normalized spacial score (nSPS) is 28.2. The summed E-state index contributed by atoms with van der Waals surface area (Å²) in [6, 6.07) is 2.29. The molecule has 1 aromatic heterocycles. The molecule has 1 saturated heterocycles. The van der Waals surface area contributed by atoms with Crippen LogP contribution in [0.4, 0.5) is 0 Å². The van der Waals surface area contributed by atoms with Crippen LogP contribution in [0.15, 0.2) is 10.5 Å². The predicted octanol–water partition coefficient (Wildman–Crippen LogP) is 2.61. The summed E-state index contributed by atoms with van der Waals surface area (Å²) in [6.45, 7) is 2.89. The van der Waals surface area contributed by atoms with Crippen LogP contribution in [-0.2, 0) is 4.74 Å². The molecule has 0 bridgehead atoms. The number of hydrogen-bond acceptors (Lipinski definition) is 3. The molecule has 2 atom stereocenters. The van der Waals surface area contributed by atoms with Crippen molar-refractivity contribution in [1.29, 1.82) is 0 Å². The van der Waals surface area contributed by atoms with Gasteiger partial charge in [0.1, 0.15) is 6.10 Å². The van der Waals surface area contributed by atoms with Crippen molar-refractivity contribution in [3.63, 3.8) is 0 Å². The van der Waals surface area contributed by atoms with Crippen molar-refractivity contribution in [2.45, 2.75) is 25.5 Å². The fourth-order valence-corrected chi connectivity index (χ4v) is 3.21. The maximum atomic E-state index is 5.94. The molecule has 4 heteroatoms. The van der Waals surface area contributed by atoms with Crippen LogP contribution < -0.4 is 5.73 Å². The molecule has 2 nitrogen and oxygen atoms in total. The van der Waals surface area contributed by atoms with Crippen LogP contribution in [-0.4, -0.2) is 12.6 Å². The van der Waals surface area contributed by atoms with Gasteiger partial charge < -0.3 is 10.5 Å². The molecule has 1 aliphatic rings. The van der Waals surface area contributed by atoms with E-state index in [0.717, 1.165) is 17.5 Å². The summed E-state index contributed by atoms with van der Waals surface area (Å²) in [6.07, 6.45) is 1.09. The highest BCUT2D eigenvalue weighted by atomic mass is 79.9. The molecule has 0 saturated carbocycles. The standard InChI is InChI=1S/C9H12BrNOS/c1-5-6(10)4-8(13-5)9-7(11)2-3-12-9/h4,7,9H,2-3,11H2,1H3. The minimum absolute atomic E-state index is 0.120. The fraction of sp³-hybridized carbons (Fsp3) is 0.556. The van der Waals surface area contributed by atoms with Crippen LogP contribution in [0.2, 0.25) is 0 Å². The summed E-state index contributed by atoms with van der Waals surface area (Å²) >= 11 is 5.26. The number of aryl methyl sites for hydroxylation is 1. The first-order valence-electron chi connectivity index (χ1n) is 4.31. The molecule has 1 aromatic rings.